The van der Waals surface area contributed by atoms with E-state index >= 15 is 0 Å². The first-order valence-corrected chi connectivity index (χ1v) is 5.56. The summed E-state index contributed by atoms with van der Waals surface area (Å²) >= 11 is 0. The molecular weight excluding hydrogens is 210 g/mol. The van der Waals surface area contributed by atoms with Crippen molar-refractivity contribution in [3.63, 3.8) is 0 Å². The molecule has 0 spiro atoms. The van der Waals surface area contributed by atoms with E-state index in [1.165, 1.54) is 0 Å². The van der Waals surface area contributed by atoms with Crippen molar-refractivity contribution in [1.29, 1.82) is 0 Å². The summed E-state index contributed by atoms with van der Waals surface area (Å²) in [6, 6.07) is 15.9. The lowest BCUT2D eigenvalue weighted by molar-refractivity contribution is 1.13. The van der Waals surface area contributed by atoms with Gasteiger partial charge in [-0.3, -0.25) is 0 Å². The molecule has 3 heteroatoms. The Bertz CT molecular complexity index is 506. The highest BCUT2D eigenvalue weighted by Gasteiger charge is 2.03. The first kappa shape index (κ1) is 11.3. The number of benzene rings is 2. The number of nitrogens with zero attached hydrogens (tertiary/aromatic N) is 1. The van der Waals surface area contributed by atoms with Gasteiger partial charge in [0.25, 0.3) is 0 Å². The van der Waals surface area contributed by atoms with E-state index in [1.54, 1.807) is 0 Å². The molecule has 0 aliphatic rings. The molecule has 0 atom stereocenters. The molecule has 2 aromatic rings. The molecule has 0 radical (unpaired) electrons. The number of nitrogens with two attached hydrogens (primary N) is 1. The van der Waals surface area contributed by atoms with E-state index in [-0.39, 0.29) is 0 Å². The minimum absolute atomic E-state index is 0.761. The highest BCUT2D eigenvalue weighted by molar-refractivity contribution is 5.75. The third-order valence-corrected chi connectivity index (χ3v) is 2.55. The molecule has 2 rings (SSSR count). The lowest BCUT2D eigenvalue weighted by Gasteiger charge is -2.18. The van der Waals surface area contributed by atoms with Crippen LogP contribution in [0.5, 0.6) is 0 Å². The summed E-state index contributed by atoms with van der Waals surface area (Å²) in [5, 5.41) is 3.37. The molecule has 0 saturated heterocycles. The molecule has 0 heterocycles. The van der Waals surface area contributed by atoms with Gasteiger partial charge in [0.1, 0.15) is 0 Å². The molecule has 0 bridgehead atoms. The maximum Gasteiger partial charge on any atom is 0.0621 e. The third-order valence-electron chi connectivity index (χ3n) is 2.55. The second kappa shape index (κ2) is 4.78. The maximum absolute atomic E-state index is 5.76. The van der Waals surface area contributed by atoms with Gasteiger partial charge in [-0.2, -0.15) is 0 Å². The van der Waals surface area contributed by atoms with Crippen molar-refractivity contribution >= 4 is 22.7 Å². The molecular formula is C14H17N3. The minimum atomic E-state index is 0.761. The Hall–Kier alpha value is -2.16. The van der Waals surface area contributed by atoms with Crippen molar-refractivity contribution in [2.45, 2.75) is 0 Å². The minimum Gasteiger partial charge on any atom is -0.399 e. The van der Waals surface area contributed by atoms with Crippen LogP contribution in [0.4, 0.5) is 22.7 Å². The van der Waals surface area contributed by atoms with Crippen molar-refractivity contribution < 1.29 is 0 Å². The van der Waals surface area contributed by atoms with Crippen LogP contribution in [-0.4, -0.2) is 14.1 Å². The Morgan fingerprint density at radius 1 is 1.00 bits per heavy atom. The summed E-state index contributed by atoms with van der Waals surface area (Å²) in [6.07, 6.45) is 0. The molecule has 3 nitrogen and oxygen atoms in total. The zero-order chi connectivity index (χ0) is 12.3. The van der Waals surface area contributed by atoms with Crippen molar-refractivity contribution in [1.82, 2.24) is 0 Å². The van der Waals surface area contributed by atoms with Crippen LogP contribution in [0.3, 0.4) is 0 Å². The zero-order valence-electron chi connectivity index (χ0n) is 10.1. The van der Waals surface area contributed by atoms with E-state index < -0.39 is 0 Å². The SMILES string of the molecule is CN(C)c1ccccc1Nc1cccc(N)c1. The highest BCUT2D eigenvalue weighted by atomic mass is 15.1. The van der Waals surface area contributed by atoms with Gasteiger partial charge in [-0.25, -0.2) is 0 Å². The standard InChI is InChI=1S/C14H17N3/c1-17(2)14-9-4-3-8-13(14)16-12-7-5-6-11(15)10-12/h3-10,16H,15H2,1-2H3. The molecule has 0 aliphatic carbocycles. The van der Waals surface area contributed by atoms with E-state index in [0.29, 0.717) is 0 Å². The monoisotopic (exact) mass is 227 g/mol. The van der Waals surface area contributed by atoms with Gasteiger partial charge in [-0.05, 0) is 30.3 Å². The number of rotatable bonds is 3. The summed E-state index contributed by atoms with van der Waals surface area (Å²) in [7, 11) is 4.06. The number of nitrogen functional groups attached to an aromatic ring is 1. The van der Waals surface area contributed by atoms with Crippen LogP contribution < -0.4 is 16.0 Å². The van der Waals surface area contributed by atoms with Crippen LogP contribution >= 0.6 is 0 Å². The average molecular weight is 227 g/mol. The molecule has 0 saturated carbocycles. The van der Waals surface area contributed by atoms with Crippen molar-refractivity contribution in [3.05, 3.63) is 48.5 Å². The maximum atomic E-state index is 5.76. The van der Waals surface area contributed by atoms with Gasteiger partial charge in [0.05, 0.1) is 11.4 Å². The molecule has 0 aromatic heterocycles. The molecule has 0 amide bonds. The molecule has 0 unspecified atom stereocenters. The molecule has 17 heavy (non-hydrogen) atoms. The summed E-state index contributed by atoms with van der Waals surface area (Å²) in [6.45, 7) is 0. The predicted octanol–water partition coefficient (Wildman–Crippen LogP) is 3.08. The number of anilines is 4. The van der Waals surface area contributed by atoms with Crippen molar-refractivity contribution in [3.8, 4) is 0 Å². The highest BCUT2D eigenvalue weighted by Crippen LogP contribution is 2.27. The Labute approximate surface area is 102 Å². The summed E-state index contributed by atoms with van der Waals surface area (Å²) in [4.78, 5) is 2.08. The zero-order valence-corrected chi connectivity index (χ0v) is 10.1. The number of hydrogen-bond acceptors (Lipinski definition) is 3. The fraction of sp³-hybridized carbons (Fsp3) is 0.143. The van der Waals surface area contributed by atoms with E-state index in [2.05, 4.69) is 22.3 Å². The fourth-order valence-corrected chi connectivity index (χ4v) is 1.74. The lowest BCUT2D eigenvalue weighted by Crippen LogP contribution is -2.10. The summed E-state index contributed by atoms with van der Waals surface area (Å²) in [5.74, 6) is 0. The van der Waals surface area contributed by atoms with Crippen LogP contribution in [0.25, 0.3) is 0 Å². The molecule has 88 valence electrons. The van der Waals surface area contributed by atoms with Crippen LogP contribution in [0.15, 0.2) is 48.5 Å². The lowest BCUT2D eigenvalue weighted by atomic mass is 10.2. The van der Waals surface area contributed by atoms with Crippen molar-refractivity contribution in [2.24, 2.45) is 0 Å². The predicted molar refractivity (Wildman–Crippen MR) is 74.9 cm³/mol. The fourth-order valence-electron chi connectivity index (χ4n) is 1.74. The van der Waals surface area contributed by atoms with Crippen molar-refractivity contribution in [2.75, 3.05) is 30.0 Å². The summed E-state index contributed by atoms with van der Waals surface area (Å²) < 4.78 is 0. The Morgan fingerprint density at radius 3 is 2.47 bits per heavy atom. The van der Waals surface area contributed by atoms with E-state index in [0.717, 1.165) is 22.7 Å². The number of para-hydroxylation sites is 2. The number of hydrogen-bond donors (Lipinski definition) is 2. The van der Waals surface area contributed by atoms with E-state index in [1.807, 2.05) is 50.5 Å². The quantitative estimate of drug-likeness (QED) is 0.792. The number of nitrogens with one attached hydrogen (secondary N) is 1. The van der Waals surface area contributed by atoms with E-state index in [4.69, 9.17) is 5.73 Å². The van der Waals surface area contributed by atoms with E-state index in [9.17, 15) is 0 Å². The van der Waals surface area contributed by atoms with Crippen LogP contribution in [0.2, 0.25) is 0 Å². The molecule has 3 N–H and O–H groups in total. The largest absolute Gasteiger partial charge is 0.399 e. The summed E-state index contributed by atoms with van der Waals surface area (Å²) in [5.41, 5.74) is 9.74. The topological polar surface area (TPSA) is 41.3 Å². The van der Waals surface area contributed by atoms with Gasteiger partial charge in [0.15, 0.2) is 0 Å². The Balaban J connectivity index is 2.30. The van der Waals surface area contributed by atoms with Crippen LogP contribution in [-0.2, 0) is 0 Å². The molecule has 0 aliphatic heterocycles. The molecule has 2 aromatic carbocycles. The first-order valence-electron chi connectivity index (χ1n) is 5.56. The average Bonchev–Trinajstić information content (AvgIpc) is 2.29. The Morgan fingerprint density at radius 2 is 1.76 bits per heavy atom. The Kier molecular flexibility index (Phi) is 3.19. The van der Waals surface area contributed by atoms with Crippen LogP contribution in [0.1, 0.15) is 0 Å². The second-order valence-electron chi connectivity index (χ2n) is 4.16. The van der Waals surface area contributed by atoms with Crippen LogP contribution in [0, 0.1) is 0 Å². The second-order valence-corrected chi connectivity index (χ2v) is 4.16. The van der Waals surface area contributed by atoms with Gasteiger partial charge in [0, 0.05) is 25.5 Å². The normalized spacial score (nSPS) is 10.0. The smallest absolute Gasteiger partial charge is 0.0621 e. The van der Waals surface area contributed by atoms with Gasteiger partial charge in [-0.15, -0.1) is 0 Å². The third kappa shape index (κ3) is 2.69. The first-order chi connectivity index (χ1) is 8.16. The van der Waals surface area contributed by atoms with Gasteiger partial charge in [-0.1, -0.05) is 18.2 Å². The van der Waals surface area contributed by atoms with Gasteiger partial charge in [0.2, 0.25) is 0 Å². The van der Waals surface area contributed by atoms with Gasteiger partial charge >= 0.3 is 0 Å². The molecule has 0 fully saturated rings. The van der Waals surface area contributed by atoms with Gasteiger partial charge < -0.3 is 16.0 Å².